The van der Waals surface area contributed by atoms with Crippen molar-refractivity contribution in [2.24, 2.45) is 5.41 Å². The molecule has 1 aromatic carbocycles. The van der Waals surface area contributed by atoms with E-state index in [9.17, 15) is 0 Å². The van der Waals surface area contributed by atoms with E-state index in [0.717, 1.165) is 18.0 Å². The molecule has 1 rings (SSSR count). The van der Waals surface area contributed by atoms with Gasteiger partial charge in [0, 0.05) is 11.6 Å². The average molecular weight is 240 g/mol. The van der Waals surface area contributed by atoms with E-state index in [-0.39, 0.29) is 0 Å². The molecule has 0 atom stereocenters. The maximum Gasteiger partial charge on any atom is 0.0438 e. The van der Waals surface area contributed by atoms with Gasteiger partial charge in [0.25, 0.3) is 0 Å². The first kappa shape index (κ1) is 13.5. The summed E-state index contributed by atoms with van der Waals surface area (Å²) in [5.74, 6) is 0. The predicted octanol–water partition coefficient (Wildman–Crippen LogP) is 3.91. The molecule has 0 aliphatic rings. The van der Waals surface area contributed by atoms with Gasteiger partial charge < -0.3 is 5.32 Å². The molecule has 0 saturated carbocycles. The van der Waals surface area contributed by atoms with Crippen molar-refractivity contribution in [3.8, 4) is 0 Å². The van der Waals surface area contributed by atoms with Gasteiger partial charge in [0.2, 0.25) is 0 Å². The molecule has 1 nitrogen and oxygen atoms in total. The van der Waals surface area contributed by atoms with E-state index in [0.29, 0.717) is 5.41 Å². The molecule has 0 aliphatic heterocycles. The fourth-order valence-corrected chi connectivity index (χ4v) is 2.44. The van der Waals surface area contributed by atoms with Gasteiger partial charge in [-0.05, 0) is 43.4 Å². The number of rotatable bonds is 6. The van der Waals surface area contributed by atoms with Crippen LogP contribution in [0.3, 0.4) is 0 Å². The van der Waals surface area contributed by atoms with Crippen LogP contribution in [0, 0.1) is 5.41 Å². The highest BCUT2D eigenvalue weighted by Gasteiger charge is 2.26. The van der Waals surface area contributed by atoms with Crippen LogP contribution in [-0.2, 0) is 6.42 Å². The van der Waals surface area contributed by atoms with Crippen molar-refractivity contribution in [1.82, 2.24) is 5.32 Å². The number of hydrogen-bond acceptors (Lipinski definition) is 1. The van der Waals surface area contributed by atoms with Gasteiger partial charge in [0.15, 0.2) is 0 Å². The Morgan fingerprint density at radius 3 is 2.31 bits per heavy atom. The number of halogens is 1. The molecule has 0 saturated heterocycles. The minimum Gasteiger partial charge on any atom is -0.319 e. The number of benzene rings is 1. The minimum atomic E-state index is 0.333. The molecular weight excluding hydrogens is 218 g/mol. The molecule has 0 heterocycles. The van der Waals surface area contributed by atoms with Crippen LogP contribution in [0.1, 0.15) is 32.3 Å². The third-order valence-corrected chi connectivity index (χ3v) is 3.94. The Balaban J connectivity index is 2.87. The molecule has 0 radical (unpaired) electrons. The molecule has 0 aliphatic carbocycles. The van der Waals surface area contributed by atoms with Crippen molar-refractivity contribution in [2.75, 3.05) is 13.6 Å². The molecule has 1 aromatic rings. The molecule has 0 bridgehead atoms. The van der Waals surface area contributed by atoms with Gasteiger partial charge in [-0.3, -0.25) is 0 Å². The second kappa shape index (κ2) is 6.27. The molecule has 0 spiro atoms. The van der Waals surface area contributed by atoms with Gasteiger partial charge in [-0.2, -0.15) is 0 Å². The van der Waals surface area contributed by atoms with Gasteiger partial charge in [-0.25, -0.2) is 0 Å². The fourth-order valence-electron chi connectivity index (χ4n) is 2.23. The second-order valence-electron chi connectivity index (χ2n) is 4.51. The lowest BCUT2D eigenvalue weighted by Gasteiger charge is -2.32. The summed E-state index contributed by atoms with van der Waals surface area (Å²) in [6.45, 7) is 5.57. The van der Waals surface area contributed by atoms with Crippen LogP contribution in [0.15, 0.2) is 24.3 Å². The maximum absolute atomic E-state index is 6.22. The van der Waals surface area contributed by atoms with Crippen molar-refractivity contribution in [1.29, 1.82) is 0 Å². The summed E-state index contributed by atoms with van der Waals surface area (Å²) in [6.07, 6.45) is 3.41. The van der Waals surface area contributed by atoms with Crippen LogP contribution in [0.4, 0.5) is 0 Å². The van der Waals surface area contributed by atoms with E-state index in [1.54, 1.807) is 0 Å². The summed E-state index contributed by atoms with van der Waals surface area (Å²) in [6, 6.07) is 8.17. The molecule has 16 heavy (non-hydrogen) atoms. The number of nitrogens with one attached hydrogen (secondary N) is 1. The summed E-state index contributed by atoms with van der Waals surface area (Å²) in [7, 11) is 2.02. The molecular formula is C14H22ClN. The monoisotopic (exact) mass is 239 g/mol. The lowest BCUT2D eigenvalue weighted by molar-refractivity contribution is 0.253. The Kier molecular flexibility index (Phi) is 5.30. The van der Waals surface area contributed by atoms with Gasteiger partial charge >= 0.3 is 0 Å². The number of hydrogen-bond donors (Lipinski definition) is 1. The zero-order valence-corrected chi connectivity index (χ0v) is 11.3. The van der Waals surface area contributed by atoms with E-state index >= 15 is 0 Å². The third-order valence-electron chi connectivity index (χ3n) is 3.58. The summed E-state index contributed by atoms with van der Waals surface area (Å²) >= 11 is 6.22. The standard InChI is InChI=1S/C14H22ClN/c1-4-14(5-2,11-16-3)10-12-8-6-7-9-13(12)15/h6-9,16H,4-5,10-11H2,1-3H3. The van der Waals surface area contributed by atoms with Crippen LogP contribution >= 0.6 is 11.6 Å². The van der Waals surface area contributed by atoms with Crippen LogP contribution in [0.2, 0.25) is 5.02 Å². The summed E-state index contributed by atoms with van der Waals surface area (Å²) in [5.41, 5.74) is 1.60. The summed E-state index contributed by atoms with van der Waals surface area (Å²) in [4.78, 5) is 0. The normalized spacial score (nSPS) is 11.8. The minimum absolute atomic E-state index is 0.333. The van der Waals surface area contributed by atoms with Crippen molar-refractivity contribution < 1.29 is 0 Å². The van der Waals surface area contributed by atoms with Gasteiger partial charge in [0.1, 0.15) is 0 Å². The third kappa shape index (κ3) is 3.23. The van der Waals surface area contributed by atoms with E-state index < -0.39 is 0 Å². The van der Waals surface area contributed by atoms with E-state index in [2.05, 4.69) is 31.3 Å². The molecule has 0 fully saturated rings. The quantitative estimate of drug-likeness (QED) is 0.794. The van der Waals surface area contributed by atoms with Gasteiger partial charge in [0.05, 0.1) is 0 Å². The lowest BCUT2D eigenvalue weighted by Crippen LogP contribution is -2.33. The van der Waals surface area contributed by atoms with Crippen LogP contribution in [0.5, 0.6) is 0 Å². The smallest absolute Gasteiger partial charge is 0.0438 e. The zero-order valence-electron chi connectivity index (χ0n) is 10.5. The van der Waals surface area contributed by atoms with Crippen molar-refractivity contribution in [3.63, 3.8) is 0 Å². The van der Waals surface area contributed by atoms with Crippen molar-refractivity contribution in [3.05, 3.63) is 34.9 Å². The van der Waals surface area contributed by atoms with Crippen molar-refractivity contribution in [2.45, 2.75) is 33.1 Å². The first-order valence-electron chi connectivity index (χ1n) is 6.05. The largest absolute Gasteiger partial charge is 0.319 e. The predicted molar refractivity (Wildman–Crippen MR) is 72.1 cm³/mol. The lowest BCUT2D eigenvalue weighted by atomic mass is 9.77. The molecule has 0 aromatic heterocycles. The SMILES string of the molecule is CCC(CC)(CNC)Cc1ccccc1Cl. The molecule has 0 amide bonds. The fraction of sp³-hybridized carbons (Fsp3) is 0.571. The topological polar surface area (TPSA) is 12.0 Å². The Bertz CT molecular complexity index is 318. The Morgan fingerprint density at radius 1 is 1.19 bits per heavy atom. The van der Waals surface area contributed by atoms with Gasteiger partial charge in [-0.15, -0.1) is 0 Å². The van der Waals surface area contributed by atoms with Crippen molar-refractivity contribution >= 4 is 11.6 Å². The Morgan fingerprint density at radius 2 is 1.81 bits per heavy atom. The van der Waals surface area contributed by atoms with Crippen LogP contribution in [0.25, 0.3) is 0 Å². The summed E-state index contributed by atoms with van der Waals surface area (Å²) < 4.78 is 0. The molecule has 1 N–H and O–H groups in total. The maximum atomic E-state index is 6.22. The van der Waals surface area contributed by atoms with E-state index in [4.69, 9.17) is 11.6 Å². The Labute approximate surface area is 104 Å². The highest BCUT2D eigenvalue weighted by molar-refractivity contribution is 6.31. The molecule has 2 heteroatoms. The van der Waals surface area contributed by atoms with Crippen LogP contribution in [-0.4, -0.2) is 13.6 Å². The van der Waals surface area contributed by atoms with E-state index in [1.807, 2.05) is 19.2 Å². The molecule has 90 valence electrons. The first-order chi connectivity index (χ1) is 7.67. The second-order valence-corrected chi connectivity index (χ2v) is 4.91. The Hall–Kier alpha value is -0.530. The summed E-state index contributed by atoms with van der Waals surface area (Å²) in [5, 5.41) is 4.20. The molecule has 0 unspecified atom stereocenters. The van der Waals surface area contributed by atoms with Crippen LogP contribution < -0.4 is 5.32 Å². The first-order valence-corrected chi connectivity index (χ1v) is 6.43. The highest BCUT2D eigenvalue weighted by atomic mass is 35.5. The van der Waals surface area contributed by atoms with Gasteiger partial charge in [-0.1, -0.05) is 43.6 Å². The van der Waals surface area contributed by atoms with E-state index in [1.165, 1.54) is 18.4 Å². The average Bonchev–Trinajstić information content (AvgIpc) is 2.31. The zero-order chi connectivity index (χ0) is 12.0. The highest BCUT2D eigenvalue weighted by Crippen LogP contribution is 2.32.